The van der Waals surface area contributed by atoms with Gasteiger partial charge in [-0.05, 0) is 43.2 Å². The van der Waals surface area contributed by atoms with E-state index in [1.54, 1.807) is 11.3 Å². The van der Waals surface area contributed by atoms with Gasteiger partial charge in [-0.15, -0.1) is 11.3 Å². The van der Waals surface area contributed by atoms with Crippen molar-refractivity contribution in [3.8, 4) is 21.8 Å². The number of benzene rings is 2. The molecular weight excluding hydrogens is 366 g/mol. The molecule has 1 aromatic heterocycles. The normalized spacial score (nSPS) is 16.7. The van der Waals surface area contributed by atoms with E-state index in [1.807, 2.05) is 54.8 Å². The number of nitrogens with zero attached hydrogens (tertiary/aromatic N) is 2. The Balaban J connectivity index is 1.72. The molecule has 26 heavy (non-hydrogen) atoms. The summed E-state index contributed by atoms with van der Waals surface area (Å²) in [4.78, 5) is 4.73. The summed E-state index contributed by atoms with van der Waals surface area (Å²) in [6.07, 6.45) is 1.96. The fraction of sp³-hybridized carbons (Fsp3) is 0.211. The second-order valence-electron chi connectivity index (χ2n) is 6.58. The molecule has 1 aliphatic heterocycles. The summed E-state index contributed by atoms with van der Waals surface area (Å²) in [5.41, 5.74) is 11.4. The van der Waals surface area contributed by atoms with Crippen LogP contribution in [0.25, 0.3) is 21.8 Å². The van der Waals surface area contributed by atoms with Crippen molar-refractivity contribution < 1.29 is 8.42 Å². The molecule has 2 aromatic carbocycles. The van der Waals surface area contributed by atoms with Crippen molar-refractivity contribution in [1.82, 2.24) is 4.98 Å². The van der Waals surface area contributed by atoms with Crippen molar-refractivity contribution >= 4 is 32.7 Å². The van der Waals surface area contributed by atoms with Crippen molar-refractivity contribution in [1.29, 1.82) is 0 Å². The second kappa shape index (κ2) is 6.10. The third-order valence-electron chi connectivity index (χ3n) is 4.58. The van der Waals surface area contributed by atoms with Crippen LogP contribution in [0.2, 0.25) is 0 Å². The maximum atomic E-state index is 12.1. The van der Waals surface area contributed by atoms with E-state index < -0.39 is 10.0 Å². The lowest BCUT2D eigenvalue weighted by Crippen LogP contribution is -2.34. The minimum absolute atomic E-state index is 0.0645. The zero-order chi connectivity index (χ0) is 18.5. The smallest absolute Gasteiger partial charge is 0.232 e. The van der Waals surface area contributed by atoms with Crippen LogP contribution in [0.4, 0.5) is 11.4 Å². The molecule has 1 aliphatic rings. The summed E-state index contributed by atoms with van der Waals surface area (Å²) >= 11 is 1.55. The van der Waals surface area contributed by atoms with Gasteiger partial charge in [0, 0.05) is 28.2 Å². The van der Waals surface area contributed by atoms with Gasteiger partial charge in [-0.3, -0.25) is 4.31 Å². The number of hydrogen-bond acceptors (Lipinski definition) is 5. The Hall–Kier alpha value is -2.38. The topological polar surface area (TPSA) is 76.3 Å². The van der Waals surface area contributed by atoms with Crippen LogP contribution in [0, 0.1) is 0 Å². The van der Waals surface area contributed by atoms with Crippen molar-refractivity contribution in [2.75, 3.05) is 16.3 Å². The molecule has 7 heteroatoms. The highest BCUT2D eigenvalue weighted by Crippen LogP contribution is 2.38. The molecule has 0 fully saturated rings. The van der Waals surface area contributed by atoms with E-state index in [0.29, 0.717) is 12.1 Å². The third-order valence-corrected chi connectivity index (χ3v) is 6.73. The van der Waals surface area contributed by atoms with Crippen LogP contribution in [0.1, 0.15) is 12.5 Å². The molecule has 2 N–H and O–H groups in total. The summed E-state index contributed by atoms with van der Waals surface area (Å²) in [7, 11) is -3.27. The van der Waals surface area contributed by atoms with Gasteiger partial charge >= 0.3 is 0 Å². The molecule has 3 aromatic rings. The highest BCUT2D eigenvalue weighted by Gasteiger charge is 2.32. The van der Waals surface area contributed by atoms with E-state index in [0.717, 1.165) is 33.1 Å². The number of sulfonamides is 1. The number of aromatic nitrogens is 1. The maximum absolute atomic E-state index is 12.1. The standard InChI is InChI=1S/C19H19N3O2S2/c1-12-9-14-10-13(7-8-18(14)22(12)26(2,23)24)17-11-25-19(21-17)15-5-3-4-6-16(15)20/h3-8,10-12H,9,20H2,1-2H3. The van der Waals surface area contributed by atoms with Crippen LogP contribution in [-0.2, 0) is 16.4 Å². The predicted octanol–water partition coefficient (Wildman–Crippen LogP) is 3.77. The van der Waals surface area contributed by atoms with Crippen LogP contribution in [-0.4, -0.2) is 25.7 Å². The minimum atomic E-state index is -3.27. The first-order valence-electron chi connectivity index (χ1n) is 8.27. The van der Waals surface area contributed by atoms with Gasteiger partial charge in [0.1, 0.15) is 5.01 Å². The first-order chi connectivity index (χ1) is 12.3. The van der Waals surface area contributed by atoms with Gasteiger partial charge in [-0.1, -0.05) is 18.2 Å². The predicted molar refractivity (Wildman–Crippen MR) is 108 cm³/mol. The number of para-hydroxylation sites is 1. The zero-order valence-electron chi connectivity index (χ0n) is 14.5. The molecule has 0 radical (unpaired) electrons. The van der Waals surface area contributed by atoms with Crippen LogP contribution in [0.5, 0.6) is 0 Å². The molecule has 2 heterocycles. The van der Waals surface area contributed by atoms with E-state index in [-0.39, 0.29) is 6.04 Å². The number of fused-ring (bicyclic) bond motifs is 1. The Morgan fingerprint density at radius 3 is 2.73 bits per heavy atom. The average Bonchev–Trinajstić information content (AvgIpc) is 3.17. The van der Waals surface area contributed by atoms with Gasteiger partial charge in [-0.25, -0.2) is 13.4 Å². The molecule has 1 unspecified atom stereocenters. The lowest BCUT2D eigenvalue weighted by Gasteiger charge is -2.21. The molecule has 0 saturated carbocycles. The Morgan fingerprint density at radius 1 is 1.23 bits per heavy atom. The Morgan fingerprint density at radius 2 is 2.00 bits per heavy atom. The average molecular weight is 386 g/mol. The summed E-state index contributed by atoms with van der Waals surface area (Å²) in [6.45, 7) is 1.93. The van der Waals surface area contributed by atoms with Gasteiger partial charge in [0.25, 0.3) is 0 Å². The highest BCUT2D eigenvalue weighted by molar-refractivity contribution is 7.92. The summed E-state index contributed by atoms with van der Waals surface area (Å²) in [5, 5.41) is 2.89. The first-order valence-corrected chi connectivity index (χ1v) is 11.0. The number of hydrogen-bond donors (Lipinski definition) is 1. The Bertz CT molecular complexity index is 1090. The summed E-state index contributed by atoms with van der Waals surface area (Å²) in [6, 6.07) is 13.5. The van der Waals surface area contributed by atoms with E-state index >= 15 is 0 Å². The van der Waals surface area contributed by atoms with Crippen LogP contribution >= 0.6 is 11.3 Å². The van der Waals surface area contributed by atoms with E-state index in [4.69, 9.17) is 10.7 Å². The number of anilines is 2. The molecule has 0 aliphatic carbocycles. The van der Waals surface area contributed by atoms with Gasteiger partial charge < -0.3 is 5.73 Å². The van der Waals surface area contributed by atoms with Crippen molar-refractivity contribution in [2.24, 2.45) is 0 Å². The van der Waals surface area contributed by atoms with E-state index in [1.165, 1.54) is 10.6 Å². The number of nitrogens with two attached hydrogens (primary N) is 1. The molecule has 1 atom stereocenters. The summed E-state index contributed by atoms with van der Waals surface area (Å²) in [5.74, 6) is 0. The Kier molecular flexibility index (Phi) is 4.00. The zero-order valence-corrected chi connectivity index (χ0v) is 16.1. The lowest BCUT2D eigenvalue weighted by atomic mass is 10.1. The largest absolute Gasteiger partial charge is 0.398 e. The molecule has 4 rings (SSSR count). The number of thiazole rings is 1. The number of rotatable bonds is 3. The molecule has 134 valence electrons. The lowest BCUT2D eigenvalue weighted by molar-refractivity contribution is 0.590. The molecule has 0 amide bonds. The molecule has 5 nitrogen and oxygen atoms in total. The van der Waals surface area contributed by atoms with Crippen molar-refractivity contribution in [3.63, 3.8) is 0 Å². The first kappa shape index (κ1) is 17.1. The van der Waals surface area contributed by atoms with Crippen molar-refractivity contribution in [2.45, 2.75) is 19.4 Å². The molecule has 0 spiro atoms. The quantitative estimate of drug-likeness (QED) is 0.696. The van der Waals surface area contributed by atoms with Gasteiger partial charge in [0.05, 0.1) is 17.6 Å². The van der Waals surface area contributed by atoms with Crippen molar-refractivity contribution in [3.05, 3.63) is 53.4 Å². The monoisotopic (exact) mass is 385 g/mol. The van der Waals surface area contributed by atoms with Crippen LogP contribution in [0.3, 0.4) is 0 Å². The highest BCUT2D eigenvalue weighted by atomic mass is 32.2. The third kappa shape index (κ3) is 2.87. The molecular formula is C19H19N3O2S2. The second-order valence-corrected chi connectivity index (χ2v) is 9.30. The van der Waals surface area contributed by atoms with Gasteiger partial charge in [0.15, 0.2) is 0 Å². The SMILES string of the molecule is CC1Cc2cc(-c3csc(-c4ccccc4N)n3)ccc2N1S(C)(=O)=O. The minimum Gasteiger partial charge on any atom is -0.398 e. The maximum Gasteiger partial charge on any atom is 0.232 e. The fourth-order valence-corrected chi connectivity index (χ4v) is 5.63. The molecule has 0 saturated heterocycles. The fourth-order valence-electron chi connectivity index (χ4n) is 3.49. The van der Waals surface area contributed by atoms with Crippen LogP contribution in [0.15, 0.2) is 47.8 Å². The Labute approximate surface area is 157 Å². The molecule has 0 bridgehead atoms. The van der Waals surface area contributed by atoms with Crippen LogP contribution < -0.4 is 10.0 Å². The van der Waals surface area contributed by atoms with E-state index in [9.17, 15) is 8.42 Å². The van der Waals surface area contributed by atoms with Gasteiger partial charge in [0.2, 0.25) is 10.0 Å². The summed E-state index contributed by atoms with van der Waals surface area (Å²) < 4.78 is 25.6. The van der Waals surface area contributed by atoms with E-state index in [2.05, 4.69) is 0 Å². The van der Waals surface area contributed by atoms with Gasteiger partial charge in [-0.2, -0.15) is 0 Å². The number of nitrogen functional groups attached to an aromatic ring is 1.